The molecule has 2 heteroatoms. The van der Waals surface area contributed by atoms with E-state index in [1.165, 1.54) is 24.9 Å². The van der Waals surface area contributed by atoms with E-state index in [1.54, 1.807) is 0 Å². The summed E-state index contributed by atoms with van der Waals surface area (Å²) in [5.74, 6) is 0. The van der Waals surface area contributed by atoms with Crippen LogP contribution in [0.2, 0.25) is 0 Å². The highest BCUT2D eigenvalue weighted by atomic mass is 16.3. The minimum Gasteiger partial charge on any atom is -0.389 e. The zero-order chi connectivity index (χ0) is 10.7. The van der Waals surface area contributed by atoms with Crippen LogP contribution in [0.1, 0.15) is 37.9 Å². The number of anilines is 1. The summed E-state index contributed by atoms with van der Waals surface area (Å²) in [5, 5.41) is 9.71. The van der Waals surface area contributed by atoms with Crippen molar-refractivity contribution < 1.29 is 5.11 Å². The molecule has 1 aromatic rings. The Morgan fingerprint density at radius 3 is 2.47 bits per heavy atom. The molecule has 2 nitrogen and oxygen atoms in total. The number of hydrogen-bond acceptors (Lipinski definition) is 2. The third kappa shape index (κ3) is 2.32. The van der Waals surface area contributed by atoms with Crippen molar-refractivity contribution in [3.05, 3.63) is 29.8 Å². The van der Waals surface area contributed by atoms with Crippen molar-refractivity contribution in [2.75, 3.05) is 18.0 Å². The van der Waals surface area contributed by atoms with Gasteiger partial charge in [-0.15, -0.1) is 0 Å². The van der Waals surface area contributed by atoms with Crippen LogP contribution in [-0.2, 0) is 0 Å². The molecule has 1 atom stereocenters. The first kappa shape index (κ1) is 10.5. The molecule has 0 unspecified atom stereocenters. The second-order valence-corrected chi connectivity index (χ2v) is 4.28. The maximum Gasteiger partial charge on any atom is 0.0781 e. The average molecular weight is 205 g/mol. The van der Waals surface area contributed by atoms with E-state index in [0.29, 0.717) is 0 Å². The van der Waals surface area contributed by atoms with Crippen LogP contribution in [0, 0.1) is 0 Å². The van der Waals surface area contributed by atoms with E-state index in [4.69, 9.17) is 0 Å². The molecular formula is C13H19NO. The van der Waals surface area contributed by atoms with Crippen LogP contribution in [0.25, 0.3) is 0 Å². The lowest BCUT2D eigenvalue weighted by atomic mass is 10.0. The Morgan fingerprint density at radius 2 is 1.80 bits per heavy atom. The molecule has 1 heterocycles. The van der Waals surface area contributed by atoms with Gasteiger partial charge in [0, 0.05) is 24.3 Å². The fraction of sp³-hybridized carbons (Fsp3) is 0.538. The molecule has 2 rings (SSSR count). The van der Waals surface area contributed by atoms with Crippen molar-refractivity contribution in [1.29, 1.82) is 0 Å². The summed E-state index contributed by atoms with van der Waals surface area (Å²) >= 11 is 0. The van der Waals surface area contributed by atoms with Crippen LogP contribution in [-0.4, -0.2) is 18.2 Å². The summed E-state index contributed by atoms with van der Waals surface area (Å²) in [4.78, 5) is 2.39. The molecule has 0 radical (unpaired) electrons. The van der Waals surface area contributed by atoms with Gasteiger partial charge in [0.15, 0.2) is 0 Å². The first-order valence-electron chi connectivity index (χ1n) is 5.81. The molecule has 0 aliphatic carbocycles. The predicted octanol–water partition coefficient (Wildman–Crippen LogP) is 2.73. The second kappa shape index (κ2) is 4.67. The maximum atomic E-state index is 9.71. The van der Waals surface area contributed by atoms with Gasteiger partial charge in [0.25, 0.3) is 0 Å². The van der Waals surface area contributed by atoms with Gasteiger partial charge in [-0.25, -0.2) is 0 Å². The fourth-order valence-corrected chi connectivity index (χ4v) is 2.26. The van der Waals surface area contributed by atoms with E-state index in [-0.39, 0.29) is 6.10 Å². The minimum absolute atomic E-state index is 0.372. The van der Waals surface area contributed by atoms with Gasteiger partial charge < -0.3 is 10.0 Å². The van der Waals surface area contributed by atoms with Crippen LogP contribution in [0.3, 0.4) is 0 Å². The Morgan fingerprint density at radius 1 is 1.13 bits per heavy atom. The van der Waals surface area contributed by atoms with Gasteiger partial charge in [0.1, 0.15) is 0 Å². The van der Waals surface area contributed by atoms with Gasteiger partial charge in [-0.1, -0.05) is 18.2 Å². The van der Waals surface area contributed by atoms with Gasteiger partial charge in [0.2, 0.25) is 0 Å². The monoisotopic (exact) mass is 205 g/mol. The topological polar surface area (TPSA) is 23.5 Å². The van der Waals surface area contributed by atoms with Crippen molar-refractivity contribution in [3.63, 3.8) is 0 Å². The molecule has 15 heavy (non-hydrogen) atoms. The highest BCUT2D eigenvalue weighted by molar-refractivity contribution is 5.54. The van der Waals surface area contributed by atoms with E-state index in [2.05, 4.69) is 17.0 Å². The molecular weight excluding hydrogens is 186 g/mol. The van der Waals surface area contributed by atoms with E-state index < -0.39 is 0 Å². The Labute approximate surface area is 91.5 Å². The van der Waals surface area contributed by atoms with Gasteiger partial charge in [0.05, 0.1) is 6.10 Å². The molecule has 1 aromatic carbocycles. The molecule has 1 N–H and O–H groups in total. The maximum absolute atomic E-state index is 9.71. The molecule has 0 bridgehead atoms. The lowest BCUT2D eigenvalue weighted by molar-refractivity contribution is 0.199. The van der Waals surface area contributed by atoms with Gasteiger partial charge in [-0.3, -0.25) is 0 Å². The number of aliphatic hydroxyl groups is 1. The number of aliphatic hydroxyl groups excluding tert-OH is 1. The van der Waals surface area contributed by atoms with Crippen molar-refractivity contribution in [2.24, 2.45) is 0 Å². The standard InChI is InChI=1S/C13H19NO/c1-11(15)12-7-3-4-8-13(12)14-9-5-2-6-10-14/h3-4,7-8,11,15H,2,5-6,9-10H2,1H3/t11-/m1/s1. The van der Waals surface area contributed by atoms with E-state index in [0.717, 1.165) is 18.7 Å². The summed E-state index contributed by atoms with van der Waals surface area (Å²) in [5.41, 5.74) is 2.27. The van der Waals surface area contributed by atoms with Crippen LogP contribution in [0.15, 0.2) is 24.3 Å². The summed E-state index contributed by atoms with van der Waals surface area (Å²) in [7, 11) is 0. The second-order valence-electron chi connectivity index (χ2n) is 4.28. The molecule has 0 saturated carbocycles. The molecule has 1 fully saturated rings. The first-order valence-corrected chi connectivity index (χ1v) is 5.81. The molecule has 1 saturated heterocycles. The molecule has 0 aromatic heterocycles. The van der Waals surface area contributed by atoms with Crippen LogP contribution >= 0.6 is 0 Å². The van der Waals surface area contributed by atoms with Crippen molar-refractivity contribution in [1.82, 2.24) is 0 Å². The SMILES string of the molecule is C[C@@H](O)c1ccccc1N1CCCCC1. The third-order valence-corrected chi connectivity index (χ3v) is 3.08. The molecule has 1 aliphatic heterocycles. The summed E-state index contributed by atoms with van der Waals surface area (Å²) in [6.07, 6.45) is 3.51. The first-order chi connectivity index (χ1) is 7.29. The van der Waals surface area contributed by atoms with Crippen LogP contribution in [0.5, 0.6) is 0 Å². The minimum atomic E-state index is -0.372. The predicted molar refractivity (Wildman–Crippen MR) is 63.1 cm³/mol. The Hall–Kier alpha value is -1.02. The average Bonchev–Trinajstić information content (AvgIpc) is 2.30. The lowest BCUT2D eigenvalue weighted by Crippen LogP contribution is -2.30. The summed E-state index contributed by atoms with van der Waals surface area (Å²) in [6, 6.07) is 8.19. The van der Waals surface area contributed by atoms with Crippen molar-refractivity contribution in [3.8, 4) is 0 Å². The van der Waals surface area contributed by atoms with Gasteiger partial charge in [-0.2, -0.15) is 0 Å². The number of hydrogen-bond donors (Lipinski definition) is 1. The number of benzene rings is 1. The lowest BCUT2D eigenvalue weighted by Gasteiger charge is -2.31. The zero-order valence-corrected chi connectivity index (χ0v) is 9.32. The van der Waals surface area contributed by atoms with E-state index in [9.17, 15) is 5.11 Å². The highest BCUT2D eigenvalue weighted by Gasteiger charge is 2.15. The zero-order valence-electron chi connectivity index (χ0n) is 9.32. The van der Waals surface area contributed by atoms with E-state index >= 15 is 0 Å². The Bertz CT molecular complexity index is 316. The third-order valence-electron chi connectivity index (χ3n) is 3.08. The summed E-state index contributed by atoms with van der Waals surface area (Å²) in [6.45, 7) is 4.09. The molecule has 0 amide bonds. The number of nitrogens with zero attached hydrogens (tertiary/aromatic N) is 1. The summed E-state index contributed by atoms with van der Waals surface area (Å²) < 4.78 is 0. The smallest absolute Gasteiger partial charge is 0.0781 e. The largest absolute Gasteiger partial charge is 0.389 e. The highest BCUT2D eigenvalue weighted by Crippen LogP contribution is 2.28. The van der Waals surface area contributed by atoms with Crippen LogP contribution < -0.4 is 4.90 Å². The van der Waals surface area contributed by atoms with Crippen molar-refractivity contribution in [2.45, 2.75) is 32.3 Å². The van der Waals surface area contributed by atoms with Gasteiger partial charge >= 0.3 is 0 Å². The molecule has 0 spiro atoms. The number of piperidine rings is 1. The molecule has 1 aliphatic rings. The Kier molecular flexibility index (Phi) is 3.27. The normalized spacial score (nSPS) is 18.9. The quantitative estimate of drug-likeness (QED) is 0.802. The van der Waals surface area contributed by atoms with E-state index in [1.807, 2.05) is 19.1 Å². The van der Waals surface area contributed by atoms with Crippen molar-refractivity contribution >= 4 is 5.69 Å². The van der Waals surface area contributed by atoms with Gasteiger partial charge in [-0.05, 0) is 32.3 Å². The molecule has 82 valence electrons. The number of para-hydroxylation sites is 1. The number of rotatable bonds is 2. The fourth-order valence-electron chi connectivity index (χ4n) is 2.26. The van der Waals surface area contributed by atoms with Crippen LogP contribution in [0.4, 0.5) is 5.69 Å². The Balaban J connectivity index is 2.25.